The Balaban J connectivity index is 2.18. The van der Waals surface area contributed by atoms with Crippen molar-refractivity contribution in [1.29, 1.82) is 5.26 Å². The number of anilines is 2. The molecule has 0 bridgehead atoms. The molecule has 5 heteroatoms. The van der Waals surface area contributed by atoms with Crippen LogP contribution in [0.15, 0.2) is 42.7 Å². The van der Waals surface area contributed by atoms with Crippen LogP contribution < -0.4 is 10.6 Å². The molecule has 5 nitrogen and oxygen atoms in total. The van der Waals surface area contributed by atoms with E-state index in [1.165, 1.54) is 0 Å². The van der Waals surface area contributed by atoms with Gasteiger partial charge in [0, 0.05) is 18.9 Å². The van der Waals surface area contributed by atoms with Gasteiger partial charge in [-0.05, 0) is 30.3 Å². The molecule has 1 aromatic heterocycles. The highest BCUT2D eigenvalue weighted by Crippen LogP contribution is 2.16. The molecule has 0 unspecified atom stereocenters. The summed E-state index contributed by atoms with van der Waals surface area (Å²) in [5, 5.41) is 14.4. The Morgan fingerprint density at radius 3 is 2.63 bits per heavy atom. The minimum atomic E-state index is -0.226. The standard InChI is InChI=1S/C14H12N4O/c1-16-13-9-17-7-6-12(13)14(19)18-11-4-2-10(8-15)3-5-11/h2-7,9,16H,1H3,(H,18,19). The van der Waals surface area contributed by atoms with Crippen molar-refractivity contribution in [1.82, 2.24) is 4.98 Å². The molecule has 1 amide bonds. The summed E-state index contributed by atoms with van der Waals surface area (Å²) in [6.07, 6.45) is 3.15. The monoisotopic (exact) mass is 252 g/mol. The topological polar surface area (TPSA) is 77.8 Å². The molecule has 1 heterocycles. The largest absolute Gasteiger partial charge is 0.386 e. The Hall–Kier alpha value is -2.87. The van der Waals surface area contributed by atoms with Crippen LogP contribution in [0.25, 0.3) is 0 Å². The van der Waals surface area contributed by atoms with E-state index in [1.54, 1.807) is 49.8 Å². The molecule has 0 radical (unpaired) electrons. The molecule has 0 aliphatic rings. The maximum absolute atomic E-state index is 12.1. The molecule has 1 aromatic carbocycles. The normalized spacial score (nSPS) is 9.47. The molecule has 94 valence electrons. The van der Waals surface area contributed by atoms with E-state index in [2.05, 4.69) is 15.6 Å². The molecule has 0 atom stereocenters. The van der Waals surface area contributed by atoms with Crippen LogP contribution in [0.3, 0.4) is 0 Å². The molecule has 2 N–H and O–H groups in total. The first kappa shape index (κ1) is 12.6. The minimum absolute atomic E-state index is 0.226. The Bertz CT molecular complexity index is 629. The summed E-state index contributed by atoms with van der Waals surface area (Å²) < 4.78 is 0. The number of nitrogens with one attached hydrogen (secondary N) is 2. The fourth-order valence-electron chi connectivity index (χ4n) is 1.62. The number of rotatable bonds is 3. The third-order valence-corrected chi connectivity index (χ3v) is 2.61. The van der Waals surface area contributed by atoms with Crippen molar-refractivity contribution < 1.29 is 4.79 Å². The second-order valence-corrected chi connectivity index (χ2v) is 3.81. The number of hydrogen-bond acceptors (Lipinski definition) is 4. The van der Waals surface area contributed by atoms with E-state index in [0.29, 0.717) is 22.5 Å². The van der Waals surface area contributed by atoms with Crippen molar-refractivity contribution in [3.63, 3.8) is 0 Å². The first-order valence-corrected chi connectivity index (χ1v) is 5.68. The fraction of sp³-hybridized carbons (Fsp3) is 0.0714. The number of nitriles is 1. The highest BCUT2D eigenvalue weighted by molar-refractivity contribution is 6.07. The average molecular weight is 252 g/mol. The molecule has 2 aromatic rings. The first-order valence-electron chi connectivity index (χ1n) is 5.68. The van der Waals surface area contributed by atoms with Crippen LogP contribution in [0.4, 0.5) is 11.4 Å². The quantitative estimate of drug-likeness (QED) is 0.878. The van der Waals surface area contributed by atoms with E-state index in [-0.39, 0.29) is 5.91 Å². The number of pyridine rings is 1. The molecular weight excluding hydrogens is 240 g/mol. The van der Waals surface area contributed by atoms with Crippen molar-refractivity contribution in [3.8, 4) is 6.07 Å². The Labute approximate surface area is 110 Å². The molecule has 0 spiro atoms. The van der Waals surface area contributed by atoms with Gasteiger partial charge in [-0.1, -0.05) is 0 Å². The van der Waals surface area contributed by atoms with Crippen molar-refractivity contribution in [2.24, 2.45) is 0 Å². The summed E-state index contributed by atoms with van der Waals surface area (Å²) in [5.74, 6) is -0.226. The summed E-state index contributed by atoms with van der Waals surface area (Å²) in [5.41, 5.74) is 2.37. The lowest BCUT2D eigenvalue weighted by atomic mass is 10.2. The van der Waals surface area contributed by atoms with Crippen molar-refractivity contribution in [2.45, 2.75) is 0 Å². The Kier molecular flexibility index (Phi) is 3.74. The second kappa shape index (κ2) is 5.65. The third-order valence-electron chi connectivity index (χ3n) is 2.61. The molecule has 0 saturated carbocycles. The highest BCUT2D eigenvalue weighted by atomic mass is 16.1. The van der Waals surface area contributed by atoms with E-state index in [4.69, 9.17) is 5.26 Å². The zero-order valence-electron chi connectivity index (χ0n) is 10.3. The number of aromatic nitrogens is 1. The maximum atomic E-state index is 12.1. The van der Waals surface area contributed by atoms with Gasteiger partial charge in [-0.2, -0.15) is 5.26 Å². The predicted octanol–water partition coefficient (Wildman–Crippen LogP) is 2.25. The zero-order valence-corrected chi connectivity index (χ0v) is 10.3. The van der Waals surface area contributed by atoms with Crippen LogP contribution in [0.2, 0.25) is 0 Å². The number of carbonyl (C=O) groups is 1. The van der Waals surface area contributed by atoms with Crippen molar-refractivity contribution in [2.75, 3.05) is 17.7 Å². The molecule has 0 fully saturated rings. The average Bonchev–Trinajstić information content (AvgIpc) is 2.48. The van der Waals surface area contributed by atoms with Gasteiger partial charge >= 0.3 is 0 Å². The lowest BCUT2D eigenvalue weighted by molar-refractivity contribution is 0.102. The highest BCUT2D eigenvalue weighted by Gasteiger charge is 2.10. The van der Waals surface area contributed by atoms with Gasteiger partial charge < -0.3 is 10.6 Å². The Morgan fingerprint density at radius 2 is 2.00 bits per heavy atom. The number of benzene rings is 1. The number of nitrogens with zero attached hydrogens (tertiary/aromatic N) is 2. The first-order chi connectivity index (χ1) is 9.24. The molecule has 2 rings (SSSR count). The van der Waals surface area contributed by atoms with Crippen molar-refractivity contribution in [3.05, 3.63) is 53.9 Å². The molecule has 19 heavy (non-hydrogen) atoms. The SMILES string of the molecule is CNc1cnccc1C(=O)Nc1ccc(C#N)cc1. The van der Waals surface area contributed by atoms with Gasteiger partial charge in [0.15, 0.2) is 0 Å². The molecule has 0 saturated heterocycles. The van der Waals surface area contributed by atoms with Crippen LogP contribution in [0.1, 0.15) is 15.9 Å². The van der Waals surface area contributed by atoms with Crippen molar-refractivity contribution >= 4 is 17.3 Å². The van der Waals surface area contributed by atoms with E-state index in [0.717, 1.165) is 0 Å². The summed E-state index contributed by atoms with van der Waals surface area (Å²) in [6.45, 7) is 0. The molecule has 0 aliphatic heterocycles. The summed E-state index contributed by atoms with van der Waals surface area (Å²) >= 11 is 0. The number of carbonyl (C=O) groups excluding carboxylic acids is 1. The summed E-state index contributed by atoms with van der Waals surface area (Å²) in [6, 6.07) is 10.4. The van der Waals surface area contributed by atoms with E-state index in [9.17, 15) is 4.79 Å². The molecular formula is C14H12N4O. The Morgan fingerprint density at radius 1 is 1.26 bits per heavy atom. The van der Waals surface area contributed by atoms with E-state index >= 15 is 0 Å². The second-order valence-electron chi connectivity index (χ2n) is 3.81. The lowest BCUT2D eigenvalue weighted by Crippen LogP contribution is -2.14. The zero-order chi connectivity index (χ0) is 13.7. The molecule has 0 aliphatic carbocycles. The minimum Gasteiger partial charge on any atom is -0.386 e. The van der Waals surface area contributed by atoms with Gasteiger partial charge in [-0.15, -0.1) is 0 Å². The van der Waals surface area contributed by atoms with Gasteiger partial charge in [0.2, 0.25) is 0 Å². The van der Waals surface area contributed by atoms with Crippen LogP contribution in [-0.2, 0) is 0 Å². The lowest BCUT2D eigenvalue weighted by Gasteiger charge is -2.09. The summed E-state index contributed by atoms with van der Waals surface area (Å²) in [7, 11) is 1.73. The van der Waals surface area contributed by atoms with Gasteiger partial charge in [0.1, 0.15) is 0 Å². The van der Waals surface area contributed by atoms with Gasteiger partial charge in [-0.25, -0.2) is 0 Å². The van der Waals surface area contributed by atoms with E-state index in [1.807, 2.05) is 6.07 Å². The van der Waals surface area contributed by atoms with Gasteiger partial charge in [0.25, 0.3) is 5.91 Å². The van der Waals surface area contributed by atoms with E-state index < -0.39 is 0 Å². The summed E-state index contributed by atoms with van der Waals surface area (Å²) in [4.78, 5) is 16.1. The van der Waals surface area contributed by atoms with Gasteiger partial charge in [0.05, 0.1) is 29.1 Å². The van der Waals surface area contributed by atoms with Crippen LogP contribution in [0, 0.1) is 11.3 Å². The van der Waals surface area contributed by atoms with Crippen LogP contribution in [0.5, 0.6) is 0 Å². The fourth-order valence-corrected chi connectivity index (χ4v) is 1.62. The maximum Gasteiger partial charge on any atom is 0.257 e. The number of hydrogen-bond donors (Lipinski definition) is 2. The van der Waals surface area contributed by atoms with Gasteiger partial charge in [-0.3, -0.25) is 9.78 Å². The third kappa shape index (κ3) is 2.87. The smallest absolute Gasteiger partial charge is 0.257 e. The van der Waals surface area contributed by atoms with Crippen LogP contribution >= 0.6 is 0 Å². The predicted molar refractivity (Wildman–Crippen MR) is 72.9 cm³/mol. The number of amides is 1. The van der Waals surface area contributed by atoms with Crippen LogP contribution in [-0.4, -0.2) is 17.9 Å².